The van der Waals surface area contributed by atoms with Crippen LogP contribution in [0.15, 0.2) is 22.5 Å². The average molecular weight is 354 g/mol. The molecular formula is C19H26N6O. The molecule has 0 spiro atoms. The molecule has 1 aromatic rings. The predicted molar refractivity (Wildman–Crippen MR) is 99.1 cm³/mol. The Morgan fingerprint density at radius 1 is 1.35 bits per heavy atom. The molecule has 3 rings (SSSR count). The highest BCUT2D eigenvalue weighted by molar-refractivity contribution is 5.77. The van der Waals surface area contributed by atoms with Crippen LogP contribution in [0.1, 0.15) is 64.1 Å². The van der Waals surface area contributed by atoms with Crippen LogP contribution in [0.3, 0.4) is 0 Å². The van der Waals surface area contributed by atoms with Gasteiger partial charge in [-0.25, -0.2) is 4.68 Å². The number of terminal acetylenes is 1. The molecule has 26 heavy (non-hydrogen) atoms. The molecule has 3 heterocycles. The van der Waals surface area contributed by atoms with Gasteiger partial charge in [0.15, 0.2) is 5.66 Å². The minimum Gasteiger partial charge on any atom is -0.342 e. The van der Waals surface area contributed by atoms with Gasteiger partial charge in [0.1, 0.15) is 5.69 Å². The minimum atomic E-state index is -0.382. The van der Waals surface area contributed by atoms with E-state index in [0.29, 0.717) is 31.8 Å². The van der Waals surface area contributed by atoms with E-state index in [4.69, 9.17) is 6.42 Å². The normalized spacial score (nSPS) is 18.4. The Hall–Kier alpha value is -2.49. The smallest absolute Gasteiger partial charge is 0.222 e. The van der Waals surface area contributed by atoms with Crippen LogP contribution in [0.25, 0.3) is 5.57 Å². The molecule has 0 radical (unpaired) electrons. The van der Waals surface area contributed by atoms with E-state index in [1.807, 2.05) is 15.8 Å². The summed E-state index contributed by atoms with van der Waals surface area (Å²) in [7, 11) is 0. The monoisotopic (exact) mass is 354 g/mol. The van der Waals surface area contributed by atoms with Crippen molar-refractivity contribution < 1.29 is 4.79 Å². The molecule has 0 aromatic carbocycles. The molecule has 0 N–H and O–H groups in total. The van der Waals surface area contributed by atoms with E-state index in [1.165, 1.54) is 5.57 Å². The maximum absolute atomic E-state index is 12.6. The second-order valence-electron chi connectivity index (χ2n) is 7.21. The summed E-state index contributed by atoms with van der Waals surface area (Å²) in [5.74, 6) is 2.79. The van der Waals surface area contributed by atoms with Gasteiger partial charge in [-0.05, 0) is 32.3 Å². The molecule has 0 atom stereocenters. The van der Waals surface area contributed by atoms with Crippen molar-refractivity contribution in [1.82, 2.24) is 19.9 Å². The lowest BCUT2D eigenvalue weighted by atomic mass is 10.0. The number of carbonyl (C=O) groups excluding carboxylic acids is 1. The van der Waals surface area contributed by atoms with Crippen molar-refractivity contribution in [3.63, 3.8) is 0 Å². The van der Waals surface area contributed by atoms with Crippen molar-refractivity contribution in [3.05, 3.63) is 18.0 Å². The van der Waals surface area contributed by atoms with E-state index in [2.05, 4.69) is 46.4 Å². The number of hydrogen-bond acceptors (Lipinski definition) is 5. The van der Waals surface area contributed by atoms with Crippen LogP contribution in [0.2, 0.25) is 0 Å². The van der Waals surface area contributed by atoms with Gasteiger partial charge in [0.25, 0.3) is 0 Å². The van der Waals surface area contributed by atoms with E-state index < -0.39 is 0 Å². The second-order valence-corrected chi connectivity index (χ2v) is 7.21. The fourth-order valence-corrected chi connectivity index (χ4v) is 3.16. The van der Waals surface area contributed by atoms with Gasteiger partial charge in [-0.1, -0.05) is 11.3 Å². The van der Waals surface area contributed by atoms with E-state index >= 15 is 0 Å². The second kappa shape index (κ2) is 7.81. The standard InChI is InChI=1S/C19H26N6O/c1-4-5-10-19(21-22-19)11-8-18(26)24-12-6-7-16(9-13-24)17-14-25(15(2)3)23-20-17/h1,7,14-15H,5-6,8-13H2,2-3H3. The number of amides is 1. The third kappa shape index (κ3) is 4.37. The predicted octanol–water partition coefficient (Wildman–Crippen LogP) is 3.22. The molecule has 7 nitrogen and oxygen atoms in total. The fourth-order valence-electron chi connectivity index (χ4n) is 3.16. The first-order chi connectivity index (χ1) is 12.5. The Morgan fingerprint density at radius 3 is 2.81 bits per heavy atom. The highest BCUT2D eigenvalue weighted by Crippen LogP contribution is 2.37. The largest absolute Gasteiger partial charge is 0.342 e. The molecule has 1 aromatic heterocycles. The van der Waals surface area contributed by atoms with Crippen LogP contribution >= 0.6 is 0 Å². The van der Waals surface area contributed by atoms with E-state index in [9.17, 15) is 4.79 Å². The molecule has 1 amide bonds. The molecule has 138 valence electrons. The van der Waals surface area contributed by atoms with Gasteiger partial charge < -0.3 is 4.90 Å². The average Bonchev–Trinajstić information content (AvgIpc) is 3.31. The maximum Gasteiger partial charge on any atom is 0.222 e. The van der Waals surface area contributed by atoms with Crippen LogP contribution in [-0.2, 0) is 4.79 Å². The molecular weight excluding hydrogens is 328 g/mol. The number of carbonyl (C=O) groups is 1. The summed E-state index contributed by atoms with van der Waals surface area (Å²) in [4.78, 5) is 14.5. The first-order valence-corrected chi connectivity index (χ1v) is 9.29. The number of rotatable bonds is 7. The number of hydrogen-bond donors (Lipinski definition) is 0. The quantitative estimate of drug-likeness (QED) is 0.706. The molecule has 0 unspecified atom stereocenters. The van der Waals surface area contributed by atoms with Gasteiger partial charge in [-0.2, -0.15) is 10.2 Å². The summed E-state index contributed by atoms with van der Waals surface area (Å²) in [6.45, 7) is 5.61. The zero-order valence-corrected chi connectivity index (χ0v) is 15.6. The number of nitrogens with zero attached hydrogens (tertiary/aromatic N) is 6. The van der Waals surface area contributed by atoms with Gasteiger partial charge in [0.2, 0.25) is 5.91 Å². The minimum absolute atomic E-state index is 0.169. The third-order valence-corrected chi connectivity index (χ3v) is 4.95. The summed E-state index contributed by atoms with van der Waals surface area (Å²) < 4.78 is 1.86. The molecule has 7 heteroatoms. The molecule has 0 bridgehead atoms. The third-order valence-electron chi connectivity index (χ3n) is 4.95. The van der Waals surface area contributed by atoms with Crippen LogP contribution < -0.4 is 0 Å². The van der Waals surface area contributed by atoms with Crippen molar-refractivity contribution in [2.75, 3.05) is 13.1 Å². The molecule has 0 saturated heterocycles. The van der Waals surface area contributed by atoms with Gasteiger partial charge >= 0.3 is 0 Å². The highest BCUT2D eigenvalue weighted by Gasteiger charge is 2.39. The van der Waals surface area contributed by atoms with Crippen LogP contribution in [-0.4, -0.2) is 44.6 Å². The Bertz CT molecular complexity index is 748. The SMILES string of the molecule is C#CCCC1(CCC(=O)N2CCC=C(c3cn(C(C)C)nn3)CC2)N=N1. The first kappa shape index (κ1) is 18.3. The summed E-state index contributed by atoms with van der Waals surface area (Å²) in [6, 6.07) is 0.292. The van der Waals surface area contributed by atoms with E-state index in [1.54, 1.807) is 0 Å². The Kier molecular flexibility index (Phi) is 5.50. The summed E-state index contributed by atoms with van der Waals surface area (Å²) in [5.41, 5.74) is 1.70. The van der Waals surface area contributed by atoms with Crippen molar-refractivity contribution in [1.29, 1.82) is 0 Å². The fraction of sp³-hybridized carbons (Fsp3) is 0.632. The van der Waals surface area contributed by atoms with Crippen molar-refractivity contribution in [3.8, 4) is 12.3 Å². The van der Waals surface area contributed by atoms with Crippen LogP contribution in [0.5, 0.6) is 0 Å². The van der Waals surface area contributed by atoms with Crippen molar-refractivity contribution in [2.45, 2.75) is 64.1 Å². The molecule has 0 saturated carbocycles. The molecule has 0 aliphatic carbocycles. The van der Waals surface area contributed by atoms with Crippen molar-refractivity contribution >= 4 is 11.5 Å². The van der Waals surface area contributed by atoms with Crippen molar-refractivity contribution in [2.24, 2.45) is 10.2 Å². The molecule has 2 aliphatic heterocycles. The molecule has 0 fully saturated rings. The van der Waals surface area contributed by atoms with Crippen LogP contribution in [0.4, 0.5) is 0 Å². The Labute approximate surface area is 154 Å². The number of aromatic nitrogens is 3. The topological polar surface area (TPSA) is 75.7 Å². The van der Waals surface area contributed by atoms with E-state index in [0.717, 1.165) is 31.5 Å². The lowest BCUT2D eigenvalue weighted by molar-refractivity contribution is -0.131. The first-order valence-electron chi connectivity index (χ1n) is 9.29. The summed E-state index contributed by atoms with van der Waals surface area (Å²) in [5, 5.41) is 16.7. The summed E-state index contributed by atoms with van der Waals surface area (Å²) >= 11 is 0. The van der Waals surface area contributed by atoms with Gasteiger partial charge in [-0.15, -0.1) is 17.4 Å². The lowest BCUT2D eigenvalue weighted by Crippen LogP contribution is -2.32. The van der Waals surface area contributed by atoms with Gasteiger partial charge in [-0.3, -0.25) is 4.79 Å². The zero-order chi connectivity index (χ0) is 18.6. The molecule has 2 aliphatic rings. The maximum atomic E-state index is 12.6. The zero-order valence-electron chi connectivity index (χ0n) is 15.6. The van der Waals surface area contributed by atoms with Gasteiger partial charge in [0.05, 0.1) is 6.20 Å². The van der Waals surface area contributed by atoms with Crippen LogP contribution in [0, 0.1) is 12.3 Å². The Balaban J connectivity index is 1.50. The highest BCUT2D eigenvalue weighted by atomic mass is 16.2. The van der Waals surface area contributed by atoms with E-state index in [-0.39, 0.29) is 11.6 Å². The lowest BCUT2D eigenvalue weighted by Gasteiger charge is -2.21. The van der Waals surface area contributed by atoms with Gasteiger partial charge in [0, 0.05) is 44.8 Å². The Morgan fingerprint density at radius 2 is 2.15 bits per heavy atom. The summed E-state index contributed by atoms with van der Waals surface area (Å²) in [6.07, 6.45) is 13.6.